The zero-order valence-electron chi connectivity index (χ0n) is 11.4. The first kappa shape index (κ1) is 12.9. The first-order valence-corrected chi connectivity index (χ1v) is 8.29. The van der Waals surface area contributed by atoms with E-state index in [1.807, 2.05) is 6.07 Å². The molecule has 3 rings (SSSR count). The highest BCUT2D eigenvalue weighted by atomic mass is 32.2. The molecule has 5 heteroatoms. The third kappa shape index (κ3) is 2.15. The van der Waals surface area contributed by atoms with Crippen LogP contribution < -0.4 is 5.32 Å². The van der Waals surface area contributed by atoms with E-state index in [9.17, 15) is 8.42 Å². The Labute approximate surface area is 114 Å². The minimum absolute atomic E-state index is 0.418. The molecule has 2 unspecified atom stereocenters. The molecule has 0 amide bonds. The lowest BCUT2D eigenvalue weighted by Crippen LogP contribution is -2.29. The number of anilines is 1. The number of benzene rings is 1. The summed E-state index contributed by atoms with van der Waals surface area (Å²) < 4.78 is 26.9. The number of rotatable bonds is 2. The second-order valence-corrected chi connectivity index (χ2v) is 7.71. The molecule has 0 aromatic heterocycles. The first-order valence-electron chi connectivity index (χ1n) is 6.85. The normalized spacial score (nSPS) is 27.3. The Hall–Kier alpha value is -1.07. The van der Waals surface area contributed by atoms with Crippen LogP contribution in [-0.4, -0.2) is 32.4 Å². The minimum Gasteiger partial charge on any atom is -0.384 e. The Morgan fingerprint density at radius 2 is 1.89 bits per heavy atom. The zero-order valence-corrected chi connectivity index (χ0v) is 12.2. The van der Waals surface area contributed by atoms with Crippen LogP contribution in [0.1, 0.15) is 19.4 Å². The summed E-state index contributed by atoms with van der Waals surface area (Å²) in [6.45, 7) is 6.40. The van der Waals surface area contributed by atoms with Crippen molar-refractivity contribution in [3.05, 3.63) is 23.8 Å². The molecule has 0 spiro atoms. The summed E-state index contributed by atoms with van der Waals surface area (Å²) in [7, 11) is -3.33. The molecular weight excluding hydrogens is 260 g/mol. The highest BCUT2D eigenvalue weighted by Crippen LogP contribution is 2.31. The Bertz CT molecular complexity index is 587. The summed E-state index contributed by atoms with van der Waals surface area (Å²) in [6.07, 6.45) is 0.980. The van der Waals surface area contributed by atoms with E-state index in [1.54, 1.807) is 16.4 Å². The average Bonchev–Trinajstić information content (AvgIpc) is 2.96. The van der Waals surface area contributed by atoms with Crippen LogP contribution in [0.25, 0.3) is 0 Å². The molecular formula is C14H20N2O2S. The standard InChI is InChI=1S/C14H20N2O2S/c1-10-8-16(9-11(10)2)19(17,18)13-4-3-12-5-6-15-14(12)7-13/h3-4,7,10-11,15H,5-6,8-9H2,1-2H3. The second kappa shape index (κ2) is 4.49. The summed E-state index contributed by atoms with van der Waals surface area (Å²) in [5, 5.41) is 3.24. The maximum absolute atomic E-state index is 12.6. The molecule has 1 aromatic carbocycles. The number of hydrogen-bond acceptors (Lipinski definition) is 3. The van der Waals surface area contributed by atoms with E-state index in [2.05, 4.69) is 19.2 Å². The average molecular weight is 280 g/mol. The fourth-order valence-corrected chi connectivity index (χ4v) is 4.52. The fourth-order valence-electron chi connectivity index (χ4n) is 2.85. The van der Waals surface area contributed by atoms with E-state index in [0.717, 1.165) is 18.7 Å². The molecule has 0 radical (unpaired) electrons. The van der Waals surface area contributed by atoms with Gasteiger partial charge >= 0.3 is 0 Å². The fraction of sp³-hybridized carbons (Fsp3) is 0.571. The van der Waals surface area contributed by atoms with Crippen molar-refractivity contribution in [2.24, 2.45) is 11.8 Å². The summed E-state index contributed by atoms with van der Waals surface area (Å²) in [6, 6.07) is 5.46. The third-order valence-corrected chi connectivity index (χ3v) is 6.21. The highest BCUT2D eigenvalue weighted by Gasteiger charge is 2.35. The molecule has 19 heavy (non-hydrogen) atoms. The molecule has 1 fully saturated rings. The molecule has 0 bridgehead atoms. The summed E-state index contributed by atoms with van der Waals surface area (Å²) in [4.78, 5) is 0.418. The molecule has 2 atom stereocenters. The maximum atomic E-state index is 12.6. The Kier molecular flexibility index (Phi) is 3.06. The topological polar surface area (TPSA) is 49.4 Å². The van der Waals surface area contributed by atoms with E-state index < -0.39 is 10.0 Å². The van der Waals surface area contributed by atoms with Crippen molar-refractivity contribution in [2.45, 2.75) is 25.2 Å². The number of fused-ring (bicyclic) bond motifs is 1. The van der Waals surface area contributed by atoms with Crippen molar-refractivity contribution in [3.8, 4) is 0 Å². The van der Waals surface area contributed by atoms with Gasteiger partial charge in [-0.25, -0.2) is 8.42 Å². The van der Waals surface area contributed by atoms with E-state index in [0.29, 0.717) is 29.8 Å². The number of nitrogens with zero attached hydrogens (tertiary/aromatic N) is 1. The molecule has 0 saturated carbocycles. The summed E-state index contributed by atoms with van der Waals surface area (Å²) in [5.74, 6) is 0.865. The summed E-state index contributed by atoms with van der Waals surface area (Å²) >= 11 is 0. The van der Waals surface area contributed by atoms with Gasteiger partial charge in [0, 0.05) is 25.3 Å². The van der Waals surface area contributed by atoms with E-state index >= 15 is 0 Å². The summed E-state index contributed by atoms with van der Waals surface area (Å²) in [5.41, 5.74) is 2.18. The van der Waals surface area contributed by atoms with Gasteiger partial charge in [0.1, 0.15) is 0 Å². The van der Waals surface area contributed by atoms with Crippen molar-refractivity contribution in [3.63, 3.8) is 0 Å². The molecule has 4 nitrogen and oxygen atoms in total. The lowest BCUT2D eigenvalue weighted by Gasteiger charge is -2.16. The molecule has 1 saturated heterocycles. The Balaban J connectivity index is 1.93. The smallest absolute Gasteiger partial charge is 0.243 e. The zero-order chi connectivity index (χ0) is 13.6. The Morgan fingerprint density at radius 3 is 2.58 bits per heavy atom. The van der Waals surface area contributed by atoms with E-state index in [-0.39, 0.29) is 0 Å². The van der Waals surface area contributed by atoms with Gasteiger partial charge in [-0.2, -0.15) is 4.31 Å². The molecule has 1 N–H and O–H groups in total. The predicted octanol–water partition coefficient (Wildman–Crippen LogP) is 1.93. The molecule has 2 aliphatic heterocycles. The number of sulfonamides is 1. The van der Waals surface area contributed by atoms with E-state index in [1.165, 1.54) is 5.56 Å². The van der Waals surface area contributed by atoms with Crippen molar-refractivity contribution < 1.29 is 8.42 Å². The van der Waals surface area contributed by atoms with Gasteiger partial charge < -0.3 is 5.32 Å². The van der Waals surface area contributed by atoms with Crippen molar-refractivity contribution >= 4 is 15.7 Å². The molecule has 2 aliphatic rings. The maximum Gasteiger partial charge on any atom is 0.243 e. The van der Waals surface area contributed by atoms with Crippen LogP contribution in [0.15, 0.2) is 23.1 Å². The van der Waals surface area contributed by atoms with Crippen LogP contribution in [0.5, 0.6) is 0 Å². The molecule has 1 aromatic rings. The SMILES string of the molecule is CC1CN(S(=O)(=O)c2ccc3c(c2)NCC3)CC1C. The van der Waals surface area contributed by atoms with Crippen molar-refractivity contribution in [1.29, 1.82) is 0 Å². The van der Waals surface area contributed by atoms with Gasteiger partial charge in [0.2, 0.25) is 10.0 Å². The number of hydrogen-bond donors (Lipinski definition) is 1. The van der Waals surface area contributed by atoms with Crippen LogP contribution in [0.2, 0.25) is 0 Å². The molecule has 0 aliphatic carbocycles. The lowest BCUT2D eigenvalue weighted by atomic mass is 10.0. The van der Waals surface area contributed by atoms with Gasteiger partial charge in [0.15, 0.2) is 0 Å². The van der Waals surface area contributed by atoms with Gasteiger partial charge in [-0.15, -0.1) is 0 Å². The largest absolute Gasteiger partial charge is 0.384 e. The first-order chi connectivity index (χ1) is 8.98. The van der Waals surface area contributed by atoms with Gasteiger partial charge in [-0.3, -0.25) is 0 Å². The van der Waals surface area contributed by atoms with Crippen LogP contribution in [-0.2, 0) is 16.4 Å². The molecule has 2 heterocycles. The van der Waals surface area contributed by atoms with Crippen molar-refractivity contribution in [2.75, 3.05) is 25.0 Å². The number of nitrogens with one attached hydrogen (secondary N) is 1. The van der Waals surface area contributed by atoms with Gasteiger partial charge in [-0.05, 0) is 36.0 Å². The van der Waals surface area contributed by atoms with Crippen molar-refractivity contribution in [1.82, 2.24) is 4.31 Å². The van der Waals surface area contributed by atoms with Gasteiger partial charge in [0.25, 0.3) is 0 Å². The predicted molar refractivity (Wildman–Crippen MR) is 75.7 cm³/mol. The minimum atomic E-state index is -3.33. The molecule has 104 valence electrons. The highest BCUT2D eigenvalue weighted by molar-refractivity contribution is 7.89. The van der Waals surface area contributed by atoms with Gasteiger partial charge in [0.05, 0.1) is 4.90 Å². The van der Waals surface area contributed by atoms with E-state index in [4.69, 9.17) is 0 Å². The quantitative estimate of drug-likeness (QED) is 0.900. The monoisotopic (exact) mass is 280 g/mol. The second-order valence-electron chi connectivity index (χ2n) is 5.77. The lowest BCUT2D eigenvalue weighted by molar-refractivity contribution is 0.463. The third-order valence-electron chi connectivity index (χ3n) is 4.38. The van der Waals surface area contributed by atoms with Crippen LogP contribution in [0.4, 0.5) is 5.69 Å². The van der Waals surface area contributed by atoms with Gasteiger partial charge in [-0.1, -0.05) is 19.9 Å². The van der Waals surface area contributed by atoms with Crippen LogP contribution in [0, 0.1) is 11.8 Å². The van der Waals surface area contributed by atoms with Crippen LogP contribution >= 0.6 is 0 Å². The Morgan fingerprint density at radius 1 is 1.21 bits per heavy atom. The van der Waals surface area contributed by atoms with Crippen LogP contribution in [0.3, 0.4) is 0 Å².